The molecule has 5 nitrogen and oxygen atoms in total. The van der Waals surface area contributed by atoms with E-state index in [0.717, 1.165) is 37.7 Å². The second kappa shape index (κ2) is 7.43. The first-order valence-corrected chi connectivity index (χ1v) is 7.54. The molecule has 21 heavy (non-hydrogen) atoms. The SMILES string of the molecule is CC(C)C(N)CC(=O)Nc1ccc(N2CCOCC2)cc1. The van der Waals surface area contributed by atoms with Crippen LogP contribution in [0.15, 0.2) is 24.3 Å². The summed E-state index contributed by atoms with van der Waals surface area (Å²) in [6, 6.07) is 7.83. The Labute approximate surface area is 126 Å². The van der Waals surface area contributed by atoms with Gasteiger partial charge in [-0.2, -0.15) is 0 Å². The third-order valence-corrected chi connectivity index (χ3v) is 3.80. The van der Waals surface area contributed by atoms with Gasteiger partial charge in [-0.3, -0.25) is 4.79 Å². The second-order valence-electron chi connectivity index (χ2n) is 5.81. The summed E-state index contributed by atoms with van der Waals surface area (Å²) in [6.45, 7) is 7.41. The minimum atomic E-state index is -0.0994. The van der Waals surface area contributed by atoms with E-state index >= 15 is 0 Å². The van der Waals surface area contributed by atoms with Gasteiger partial charge in [0.05, 0.1) is 13.2 Å². The lowest BCUT2D eigenvalue weighted by molar-refractivity contribution is -0.116. The molecule has 3 N–H and O–H groups in total. The molecule has 1 fully saturated rings. The normalized spacial score (nSPS) is 16.9. The number of nitrogens with zero attached hydrogens (tertiary/aromatic N) is 1. The summed E-state index contributed by atoms with van der Waals surface area (Å²) in [7, 11) is 0. The topological polar surface area (TPSA) is 67.6 Å². The molecular formula is C16H25N3O2. The lowest BCUT2D eigenvalue weighted by atomic mass is 10.0. The highest BCUT2D eigenvalue weighted by Gasteiger charge is 2.14. The summed E-state index contributed by atoms with van der Waals surface area (Å²) in [5.74, 6) is 0.273. The first kappa shape index (κ1) is 15.8. The summed E-state index contributed by atoms with van der Waals surface area (Å²) in [6.07, 6.45) is 0.350. The van der Waals surface area contributed by atoms with Gasteiger partial charge in [0.1, 0.15) is 0 Å². The molecule has 1 aliphatic rings. The van der Waals surface area contributed by atoms with E-state index in [1.54, 1.807) is 0 Å². The number of morpholine rings is 1. The Balaban J connectivity index is 1.88. The van der Waals surface area contributed by atoms with E-state index in [9.17, 15) is 4.79 Å². The average molecular weight is 291 g/mol. The van der Waals surface area contributed by atoms with Gasteiger partial charge in [0.15, 0.2) is 0 Å². The zero-order valence-electron chi connectivity index (χ0n) is 12.8. The highest BCUT2D eigenvalue weighted by Crippen LogP contribution is 2.19. The van der Waals surface area contributed by atoms with Crippen LogP contribution in [0.1, 0.15) is 20.3 Å². The quantitative estimate of drug-likeness (QED) is 0.868. The van der Waals surface area contributed by atoms with Crippen molar-refractivity contribution in [3.8, 4) is 0 Å². The molecule has 1 aliphatic heterocycles. The fourth-order valence-electron chi connectivity index (χ4n) is 2.24. The fraction of sp³-hybridized carbons (Fsp3) is 0.562. The van der Waals surface area contributed by atoms with Crippen molar-refractivity contribution in [2.24, 2.45) is 11.7 Å². The number of carbonyl (C=O) groups is 1. The van der Waals surface area contributed by atoms with Gasteiger partial charge >= 0.3 is 0 Å². The molecule has 2 rings (SSSR count). The van der Waals surface area contributed by atoms with E-state index in [4.69, 9.17) is 10.5 Å². The number of amides is 1. The molecule has 1 aromatic rings. The molecule has 1 saturated heterocycles. The predicted octanol–water partition coefficient (Wildman–Crippen LogP) is 1.84. The molecule has 1 amide bonds. The molecule has 0 aromatic heterocycles. The van der Waals surface area contributed by atoms with Gasteiger partial charge in [-0.15, -0.1) is 0 Å². The maximum atomic E-state index is 11.9. The molecule has 1 unspecified atom stereocenters. The molecule has 1 aromatic carbocycles. The average Bonchev–Trinajstić information content (AvgIpc) is 2.48. The van der Waals surface area contributed by atoms with E-state index in [0.29, 0.717) is 12.3 Å². The minimum absolute atomic E-state index is 0.0321. The first-order valence-electron chi connectivity index (χ1n) is 7.54. The van der Waals surface area contributed by atoms with Crippen LogP contribution in [0.2, 0.25) is 0 Å². The van der Waals surface area contributed by atoms with Crippen LogP contribution in [0.25, 0.3) is 0 Å². The Kier molecular flexibility index (Phi) is 5.59. The van der Waals surface area contributed by atoms with Gasteiger partial charge in [0.25, 0.3) is 0 Å². The molecular weight excluding hydrogens is 266 g/mol. The Morgan fingerprint density at radius 3 is 2.48 bits per heavy atom. The zero-order valence-corrected chi connectivity index (χ0v) is 12.8. The number of ether oxygens (including phenoxy) is 1. The standard InChI is InChI=1S/C16H25N3O2/c1-12(2)15(17)11-16(20)18-13-3-5-14(6-4-13)19-7-9-21-10-8-19/h3-6,12,15H,7-11,17H2,1-2H3,(H,18,20). The van der Waals surface area contributed by atoms with Crippen molar-refractivity contribution in [1.82, 2.24) is 0 Å². The van der Waals surface area contributed by atoms with Crippen molar-refractivity contribution >= 4 is 17.3 Å². The van der Waals surface area contributed by atoms with Crippen LogP contribution in [-0.4, -0.2) is 38.3 Å². The van der Waals surface area contributed by atoms with Gasteiger partial charge in [0.2, 0.25) is 5.91 Å². The number of nitrogens with one attached hydrogen (secondary N) is 1. The van der Waals surface area contributed by atoms with Crippen molar-refractivity contribution in [3.63, 3.8) is 0 Å². The molecule has 116 valence electrons. The van der Waals surface area contributed by atoms with Gasteiger partial charge in [-0.1, -0.05) is 13.8 Å². The number of anilines is 2. The van der Waals surface area contributed by atoms with E-state index in [-0.39, 0.29) is 11.9 Å². The van der Waals surface area contributed by atoms with Crippen LogP contribution < -0.4 is 16.0 Å². The van der Waals surface area contributed by atoms with Gasteiger partial charge in [-0.05, 0) is 30.2 Å². The lowest BCUT2D eigenvalue weighted by Gasteiger charge is -2.28. The minimum Gasteiger partial charge on any atom is -0.378 e. The third-order valence-electron chi connectivity index (χ3n) is 3.80. The number of benzene rings is 1. The van der Waals surface area contributed by atoms with Crippen LogP contribution in [0.5, 0.6) is 0 Å². The molecule has 1 atom stereocenters. The Morgan fingerprint density at radius 1 is 1.29 bits per heavy atom. The molecule has 1 heterocycles. The maximum Gasteiger partial charge on any atom is 0.225 e. The van der Waals surface area contributed by atoms with Crippen LogP contribution in [-0.2, 0) is 9.53 Å². The van der Waals surface area contributed by atoms with E-state index in [2.05, 4.69) is 10.2 Å². The Bertz CT molecular complexity index is 453. The fourth-order valence-corrected chi connectivity index (χ4v) is 2.24. The maximum absolute atomic E-state index is 11.9. The second-order valence-corrected chi connectivity index (χ2v) is 5.81. The molecule has 0 saturated carbocycles. The smallest absolute Gasteiger partial charge is 0.225 e. The van der Waals surface area contributed by atoms with Crippen molar-refractivity contribution in [2.75, 3.05) is 36.5 Å². The number of hydrogen-bond acceptors (Lipinski definition) is 4. The van der Waals surface area contributed by atoms with Crippen LogP contribution >= 0.6 is 0 Å². The summed E-state index contributed by atoms with van der Waals surface area (Å²) in [5, 5.41) is 2.90. The van der Waals surface area contributed by atoms with Crippen molar-refractivity contribution in [1.29, 1.82) is 0 Å². The number of carbonyl (C=O) groups excluding carboxylic acids is 1. The number of rotatable bonds is 5. The highest BCUT2D eigenvalue weighted by molar-refractivity contribution is 5.91. The predicted molar refractivity (Wildman–Crippen MR) is 85.5 cm³/mol. The van der Waals surface area contributed by atoms with Crippen LogP contribution in [0.3, 0.4) is 0 Å². The van der Waals surface area contributed by atoms with Crippen LogP contribution in [0.4, 0.5) is 11.4 Å². The van der Waals surface area contributed by atoms with Crippen molar-refractivity contribution in [3.05, 3.63) is 24.3 Å². The third kappa shape index (κ3) is 4.72. The monoisotopic (exact) mass is 291 g/mol. The number of hydrogen-bond donors (Lipinski definition) is 2. The van der Waals surface area contributed by atoms with Gasteiger partial charge < -0.3 is 20.7 Å². The van der Waals surface area contributed by atoms with Crippen molar-refractivity contribution in [2.45, 2.75) is 26.3 Å². The summed E-state index contributed by atoms with van der Waals surface area (Å²) in [4.78, 5) is 14.2. The van der Waals surface area contributed by atoms with E-state index in [1.165, 1.54) is 0 Å². The van der Waals surface area contributed by atoms with Gasteiger partial charge in [-0.25, -0.2) is 0 Å². The van der Waals surface area contributed by atoms with E-state index < -0.39 is 0 Å². The molecule has 0 radical (unpaired) electrons. The summed E-state index contributed by atoms with van der Waals surface area (Å²) in [5.41, 5.74) is 7.89. The van der Waals surface area contributed by atoms with E-state index in [1.807, 2.05) is 38.1 Å². The van der Waals surface area contributed by atoms with Crippen LogP contribution in [0, 0.1) is 5.92 Å². The molecule has 0 aliphatic carbocycles. The molecule has 0 spiro atoms. The van der Waals surface area contributed by atoms with Crippen molar-refractivity contribution < 1.29 is 9.53 Å². The molecule has 5 heteroatoms. The Morgan fingerprint density at radius 2 is 1.90 bits per heavy atom. The molecule has 0 bridgehead atoms. The first-order chi connectivity index (χ1) is 10.1. The highest BCUT2D eigenvalue weighted by atomic mass is 16.5. The zero-order chi connectivity index (χ0) is 15.2. The lowest BCUT2D eigenvalue weighted by Crippen LogP contribution is -2.36. The largest absolute Gasteiger partial charge is 0.378 e. The summed E-state index contributed by atoms with van der Waals surface area (Å²) >= 11 is 0. The Hall–Kier alpha value is -1.59. The summed E-state index contributed by atoms with van der Waals surface area (Å²) < 4.78 is 5.34. The van der Waals surface area contributed by atoms with Gasteiger partial charge in [0, 0.05) is 36.9 Å². The number of nitrogens with two attached hydrogens (primary N) is 1.